The summed E-state index contributed by atoms with van der Waals surface area (Å²) < 4.78 is 1.09. The highest BCUT2D eigenvalue weighted by molar-refractivity contribution is 5.17. The lowest BCUT2D eigenvalue weighted by Crippen LogP contribution is -2.46. The molecule has 0 heterocycles. The summed E-state index contributed by atoms with van der Waals surface area (Å²) in [5.41, 5.74) is 4.33. The van der Waals surface area contributed by atoms with Crippen LogP contribution >= 0.6 is 0 Å². The summed E-state index contributed by atoms with van der Waals surface area (Å²) in [7, 11) is 0. The van der Waals surface area contributed by atoms with Crippen molar-refractivity contribution < 1.29 is 4.48 Å². The third-order valence-electron chi connectivity index (χ3n) is 7.21. The first kappa shape index (κ1) is 27.9. The van der Waals surface area contributed by atoms with E-state index in [-0.39, 0.29) is 0 Å². The minimum Gasteiger partial charge on any atom is -0.312 e. The molecule has 1 nitrogen and oxygen atoms in total. The van der Waals surface area contributed by atoms with Gasteiger partial charge in [-0.05, 0) is 32.1 Å². The van der Waals surface area contributed by atoms with Gasteiger partial charge in [0, 0.05) is 16.7 Å². The van der Waals surface area contributed by atoms with Crippen molar-refractivity contribution >= 4 is 0 Å². The number of hydrogen-bond donors (Lipinski definition) is 0. The number of unbranched alkanes of at least 4 members (excludes halogenated alkanes) is 8. The van der Waals surface area contributed by atoms with Crippen molar-refractivity contribution in [3.63, 3.8) is 0 Å². The average Bonchev–Trinajstić information content (AvgIpc) is 2.91. The van der Waals surface area contributed by atoms with E-state index in [0.717, 1.165) is 24.1 Å². The van der Waals surface area contributed by atoms with Crippen molar-refractivity contribution in [1.82, 2.24) is 0 Å². The molecule has 0 aliphatic heterocycles. The van der Waals surface area contributed by atoms with Crippen molar-refractivity contribution in [2.45, 2.75) is 90.8 Å². The monoisotopic (exact) mass is 482 g/mol. The maximum absolute atomic E-state index is 2.38. The lowest BCUT2D eigenvalue weighted by molar-refractivity contribution is -0.966. The normalized spacial score (nSPS) is 11.8. The van der Waals surface area contributed by atoms with Crippen LogP contribution in [0.5, 0.6) is 0 Å². The number of nitrogens with zero attached hydrogens (tertiary/aromatic N) is 1. The third-order valence-corrected chi connectivity index (χ3v) is 7.21. The molecule has 0 unspecified atom stereocenters. The Kier molecular flexibility index (Phi) is 13.1. The molecule has 0 aliphatic carbocycles. The molecule has 3 aromatic carbocycles. The van der Waals surface area contributed by atoms with Gasteiger partial charge in [-0.2, -0.15) is 0 Å². The molecule has 0 bridgehead atoms. The number of hydrogen-bond acceptors (Lipinski definition) is 0. The largest absolute Gasteiger partial charge is 0.312 e. The van der Waals surface area contributed by atoms with Gasteiger partial charge in [-0.1, -0.05) is 142 Å². The first-order valence-corrected chi connectivity index (χ1v) is 14.4. The average molecular weight is 483 g/mol. The fraction of sp³-hybridized carbons (Fsp3) is 0.429. The van der Waals surface area contributed by atoms with E-state index in [9.17, 15) is 0 Å². The summed E-state index contributed by atoms with van der Waals surface area (Å²) in [4.78, 5) is 0. The third kappa shape index (κ3) is 11.0. The SMILES string of the molecule is CCC/C=C/CCCCCCCCC[N+](Cc1ccccc1)(Cc1ccccc1)Cc1ccccc1. The van der Waals surface area contributed by atoms with Crippen LogP contribution in [0.4, 0.5) is 0 Å². The number of rotatable bonds is 18. The molecule has 0 spiro atoms. The molecule has 0 saturated carbocycles. The molecule has 0 aliphatic rings. The Morgan fingerprint density at radius 3 is 1.31 bits per heavy atom. The first-order valence-electron chi connectivity index (χ1n) is 14.4. The highest BCUT2D eigenvalue weighted by Crippen LogP contribution is 2.26. The molecule has 0 radical (unpaired) electrons. The van der Waals surface area contributed by atoms with Gasteiger partial charge in [0.25, 0.3) is 0 Å². The van der Waals surface area contributed by atoms with Crippen LogP contribution in [0.1, 0.15) is 87.8 Å². The molecular formula is C35H48N+. The van der Waals surface area contributed by atoms with Crippen molar-refractivity contribution in [2.75, 3.05) is 6.54 Å². The fourth-order valence-corrected chi connectivity index (χ4v) is 5.31. The van der Waals surface area contributed by atoms with E-state index in [1.165, 1.54) is 87.4 Å². The first-order chi connectivity index (χ1) is 17.8. The molecule has 0 N–H and O–H groups in total. The van der Waals surface area contributed by atoms with Gasteiger partial charge in [-0.3, -0.25) is 0 Å². The van der Waals surface area contributed by atoms with Crippen molar-refractivity contribution in [3.05, 3.63) is 120 Å². The number of quaternary nitrogens is 1. The van der Waals surface area contributed by atoms with Crippen LogP contribution in [0.2, 0.25) is 0 Å². The minimum absolute atomic E-state index is 1.08. The molecule has 0 atom stereocenters. The molecule has 0 fully saturated rings. The Morgan fingerprint density at radius 2 is 0.861 bits per heavy atom. The van der Waals surface area contributed by atoms with Crippen LogP contribution in [0.15, 0.2) is 103 Å². The summed E-state index contributed by atoms with van der Waals surface area (Å²) in [6.07, 6.45) is 18.0. The molecule has 0 saturated heterocycles. The molecule has 36 heavy (non-hydrogen) atoms. The van der Waals surface area contributed by atoms with Gasteiger partial charge in [-0.25, -0.2) is 0 Å². The van der Waals surface area contributed by atoms with Crippen molar-refractivity contribution in [2.24, 2.45) is 0 Å². The maximum atomic E-state index is 2.38. The Labute approximate surface area is 221 Å². The molecule has 1 heteroatoms. The zero-order valence-corrected chi connectivity index (χ0v) is 22.7. The van der Waals surface area contributed by atoms with Gasteiger partial charge in [0.05, 0.1) is 6.54 Å². The van der Waals surface area contributed by atoms with Crippen LogP contribution in [-0.4, -0.2) is 11.0 Å². The van der Waals surface area contributed by atoms with Gasteiger partial charge < -0.3 is 4.48 Å². The van der Waals surface area contributed by atoms with E-state index >= 15 is 0 Å². The van der Waals surface area contributed by atoms with Gasteiger partial charge >= 0.3 is 0 Å². The summed E-state index contributed by atoms with van der Waals surface area (Å²) in [5.74, 6) is 0. The molecule has 3 aromatic rings. The van der Waals surface area contributed by atoms with Crippen LogP contribution in [0.25, 0.3) is 0 Å². The van der Waals surface area contributed by atoms with E-state index in [0.29, 0.717) is 0 Å². The Balaban J connectivity index is 1.58. The summed E-state index contributed by atoms with van der Waals surface area (Å²) in [6.45, 7) is 6.71. The van der Waals surface area contributed by atoms with E-state index in [1.807, 2.05) is 0 Å². The van der Waals surface area contributed by atoms with E-state index in [1.54, 1.807) is 0 Å². The Bertz CT molecular complexity index is 844. The number of benzene rings is 3. The van der Waals surface area contributed by atoms with Crippen molar-refractivity contribution in [3.8, 4) is 0 Å². The van der Waals surface area contributed by atoms with Crippen LogP contribution in [0.3, 0.4) is 0 Å². The summed E-state index contributed by atoms with van der Waals surface area (Å²) in [5, 5.41) is 0. The van der Waals surface area contributed by atoms with Gasteiger partial charge in [-0.15, -0.1) is 0 Å². The lowest BCUT2D eigenvalue weighted by atomic mass is 10.0. The van der Waals surface area contributed by atoms with Crippen LogP contribution < -0.4 is 0 Å². The molecule has 0 amide bonds. The summed E-state index contributed by atoms with van der Waals surface area (Å²) in [6, 6.07) is 33.4. The minimum atomic E-state index is 1.08. The van der Waals surface area contributed by atoms with Gasteiger partial charge in [0.15, 0.2) is 0 Å². The van der Waals surface area contributed by atoms with E-state index in [4.69, 9.17) is 0 Å². The smallest absolute Gasteiger partial charge is 0.105 e. The van der Waals surface area contributed by atoms with Gasteiger partial charge in [0.2, 0.25) is 0 Å². The van der Waals surface area contributed by atoms with Gasteiger partial charge in [0.1, 0.15) is 19.6 Å². The second-order valence-corrected chi connectivity index (χ2v) is 10.5. The molecule has 0 aromatic heterocycles. The summed E-state index contributed by atoms with van der Waals surface area (Å²) >= 11 is 0. The van der Waals surface area contributed by atoms with Crippen LogP contribution in [-0.2, 0) is 19.6 Å². The highest BCUT2D eigenvalue weighted by Gasteiger charge is 2.28. The van der Waals surface area contributed by atoms with E-state index in [2.05, 4.69) is 110 Å². The number of allylic oxidation sites excluding steroid dienone is 2. The molecule has 192 valence electrons. The zero-order valence-electron chi connectivity index (χ0n) is 22.7. The van der Waals surface area contributed by atoms with Crippen molar-refractivity contribution in [1.29, 1.82) is 0 Å². The quantitative estimate of drug-likeness (QED) is 0.0961. The predicted molar refractivity (Wildman–Crippen MR) is 157 cm³/mol. The van der Waals surface area contributed by atoms with Crippen LogP contribution in [0, 0.1) is 0 Å². The Hall–Kier alpha value is -2.64. The Morgan fingerprint density at radius 1 is 0.472 bits per heavy atom. The topological polar surface area (TPSA) is 0 Å². The highest BCUT2D eigenvalue weighted by atomic mass is 15.3. The second-order valence-electron chi connectivity index (χ2n) is 10.5. The molecule has 3 rings (SSSR count). The predicted octanol–water partition coefficient (Wildman–Crippen LogP) is 9.88. The lowest BCUT2D eigenvalue weighted by Gasteiger charge is -2.39. The zero-order chi connectivity index (χ0) is 25.2. The standard InChI is InChI=1S/C35H48N/c1-2-3-4-5-6-7-8-9-10-11-12-22-29-36(30-33-23-16-13-17-24-33,31-34-25-18-14-19-26-34)32-35-27-20-15-21-28-35/h4-5,13-21,23-28H,2-3,6-12,22,29-32H2,1H3/q+1/b5-4+. The molecular weight excluding hydrogens is 434 g/mol. The fourth-order valence-electron chi connectivity index (χ4n) is 5.31. The maximum Gasteiger partial charge on any atom is 0.105 e. The second kappa shape index (κ2) is 16.9. The van der Waals surface area contributed by atoms with E-state index < -0.39 is 0 Å².